The van der Waals surface area contributed by atoms with Crippen molar-refractivity contribution in [1.29, 1.82) is 0 Å². The van der Waals surface area contributed by atoms with Gasteiger partial charge < -0.3 is 5.32 Å². The summed E-state index contributed by atoms with van der Waals surface area (Å²) in [7, 11) is 1.76. The summed E-state index contributed by atoms with van der Waals surface area (Å²) in [6.07, 6.45) is 2.22. The minimum absolute atomic E-state index is 0.197. The lowest BCUT2D eigenvalue weighted by atomic mass is 10.3. The molecule has 1 aromatic rings. The van der Waals surface area contributed by atoms with Crippen LogP contribution in [0.5, 0.6) is 0 Å². The average molecular weight is 191 g/mol. The fraction of sp³-hybridized carbons (Fsp3) is 0.273. The highest BCUT2D eigenvalue weighted by molar-refractivity contribution is 6.60. The molecule has 0 atom stereocenters. The Morgan fingerprint density at radius 2 is 2.23 bits per heavy atom. The van der Waals surface area contributed by atoms with Gasteiger partial charge in [-0.3, -0.25) is 0 Å². The minimum Gasteiger partial charge on any atom is -0.388 e. The van der Waals surface area contributed by atoms with E-state index in [9.17, 15) is 0 Å². The van der Waals surface area contributed by atoms with Gasteiger partial charge >= 0.3 is 0 Å². The first-order valence-corrected chi connectivity index (χ1v) is 6.06. The molecule has 0 saturated heterocycles. The molecular formula is C11H17NSi. The summed E-state index contributed by atoms with van der Waals surface area (Å²) in [6.45, 7) is 4.34. The van der Waals surface area contributed by atoms with Gasteiger partial charge in [-0.1, -0.05) is 28.6 Å². The van der Waals surface area contributed by atoms with Gasteiger partial charge in [0.15, 0.2) is 0 Å². The molecule has 1 rings (SSSR count). The van der Waals surface area contributed by atoms with Crippen LogP contribution in [-0.2, 0) is 0 Å². The number of allylic oxidation sites excluding steroid dienone is 2. The SMILES string of the molecule is CC=C(C)[SiH2]c1cccc(NC)c1. The highest BCUT2D eigenvalue weighted by atomic mass is 28.2. The molecule has 0 unspecified atom stereocenters. The molecule has 0 aliphatic rings. The molecule has 0 amide bonds. The Labute approximate surface area is 82.7 Å². The van der Waals surface area contributed by atoms with Crippen LogP contribution in [-0.4, -0.2) is 16.6 Å². The van der Waals surface area contributed by atoms with Crippen LogP contribution in [0.3, 0.4) is 0 Å². The molecule has 0 radical (unpaired) electrons. The molecule has 0 saturated carbocycles. The van der Waals surface area contributed by atoms with Crippen molar-refractivity contribution in [2.24, 2.45) is 0 Å². The van der Waals surface area contributed by atoms with Gasteiger partial charge in [0.25, 0.3) is 0 Å². The highest BCUT2D eigenvalue weighted by Gasteiger charge is 1.95. The molecule has 0 aromatic heterocycles. The Morgan fingerprint density at radius 3 is 2.85 bits per heavy atom. The van der Waals surface area contributed by atoms with Crippen molar-refractivity contribution in [1.82, 2.24) is 0 Å². The summed E-state index contributed by atoms with van der Waals surface area (Å²) in [4.78, 5) is 0. The number of anilines is 1. The maximum Gasteiger partial charge on any atom is 0.0817 e. The van der Waals surface area contributed by atoms with Crippen molar-refractivity contribution in [3.63, 3.8) is 0 Å². The Bertz CT molecular complexity index is 305. The van der Waals surface area contributed by atoms with E-state index in [-0.39, 0.29) is 9.52 Å². The topological polar surface area (TPSA) is 12.0 Å². The summed E-state index contributed by atoms with van der Waals surface area (Å²) in [5, 5.41) is 6.21. The zero-order valence-corrected chi connectivity index (χ0v) is 10.0. The van der Waals surface area contributed by atoms with E-state index in [1.807, 2.05) is 7.05 Å². The molecule has 1 N–H and O–H groups in total. The molecule has 0 aliphatic carbocycles. The van der Waals surface area contributed by atoms with E-state index < -0.39 is 0 Å². The third kappa shape index (κ3) is 3.07. The first kappa shape index (κ1) is 10.1. The zero-order valence-electron chi connectivity index (χ0n) is 8.59. The molecular weight excluding hydrogens is 174 g/mol. The van der Waals surface area contributed by atoms with Crippen molar-refractivity contribution >= 4 is 20.4 Å². The minimum atomic E-state index is -0.197. The summed E-state index contributed by atoms with van der Waals surface area (Å²) >= 11 is 0. The Kier molecular flexibility index (Phi) is 3.77. The predicted octanol–water partition coefficient (Wildman–Crippen LogP) is 1.45. The number of rotatable bonds is 3. The molecule has 13 heavy (non-hydrogen) atoms. The molecule has 0 bridgehead atoms. The van der Waals surface area contributed by atoms with E-state index in [1.54, 1.807) is 5.20 Å². The lowest BCUT2D eigenvalue weighted by Gasteiger charge is -2.04. The van der Waals surface area contributed by atoms with Crippen LogP contribution in [0.4, 0.5) is 5.69 Å². The van der Waals surface area contributed by atoms with Gasteiger partial charge in [-0.25, -0.2) is 0 Å². The number of hydrogen-bond acceptors (Lipinski definition) is 1. The molecule has 0 spiro atoms. The second kappa shape index (κ2) is 4.87. The lowest BCUT2D eigenvalue weighted by molar-refractivity contribution is 1.52. The van der Waals surface area contributed by atoms with E-state index in [2.05, 4.69) is 49.5 Å². The van der Waals surface area contributed by atoms with Gasteiger partial charge in [0.2, 0.25) is 0 Å². The van der Waals surface area contributed by atoms with E-state index in [4.69, 9.17) is 0 Å². The maximum atomic E-state index is 3.16. The van der Waals surface area contributed by atoms with Crippen LogP contribution >= 0.6 is 0 Å². The molecule has 0 heterocycles. The van der Waals surface area contributed by atoms with Crippen molar-refractivity contribution in [3.05, 3.63) is 35.5 Å². The van der Waals surface area contributed by atoms with Crippen molar-refractivity contribution in [2.45, 2.75) is 13.8 Å². The molecule has 0 aliphatic heterocycles. The summed E-state index contributed by atoms with van der Waals surface area (Å²) in [6, 6.07) is 8.69. The summed E-state index contributed by atoms with van der Waals surface area (Å²) < 4.78 is 0. The van der Waals surface area contributed by atoms with Gasteiger partial charge in [0.05, 0.1) is 9.52 Å². The van der Waals surface area contributed by atoms with Crippen LogP contribution in [0.25, 0.3) is 0 Å². The van der Waals surface area contributed by atoms with Gasteiger partial charge in [0, 0.05) is 12.7 Å². The summed E-state index contributed by atoms with van der Waals surface area (Å²) in [5.41, 5.74) is 1.22. The van der Waals surface area contributed by atoms with Gasteiger partial charge in [-0.05, 0) is 26.0 Å². The largest absolute Gasteiger partial charge is 0.388 e. The lowest BCUT2D eigenvalue weighted by Crippen LogP contribution is -2.15. The molecule has 0 fully saturated rings. The number of benzene rings is 1. The molecule has 2 heteroatoms. The average Bonchev–Trinajstić information content (AvgIpc) is 2.18. The van der Waals surface area contributed by atoms with Crippen LogP contribution < -0.4 is 10.5 Å². The number of nitrogens with one attached hydrogen (secondary N) is 1. The van der Waals surface area contributed by atoms with Crippen LogP contribution in [0.1, 0.15) is 13.8 Å². The van der Waals surface area contributed by atoms with Crippen LogP contribution in [0, 0.1) is 0 Å². The second-order valence-corrected chi connectivity index (χ2v) is 5.55. The highest BCUT2D eigenvalue weighted by Crippen LogP contribution is 2.02. The van der Waals surface area contributed by atoms with Gasteiger partial charge in [-0.15, -0.1) is 0 Å². The molecule has 1 nitrogen and oxygen atoms in total. The van der Waals surface area contributed by atoms with Gasteiger partial charge in [0.1, 0.15) is 0 Å². The van der Waals surface area contributed by atoms with Gasteiger partial charge in [-0.2, -0.15) is 0 Å². The molecule has 70 valence electrons. The second-order valence-electron chi connectivity index (χ2n) is 3.26. The first-order chi connectivity index (χ1) is 6.26. The van der Waals surface area contributed by atoms with E-state index >= 15 is 0 Å². The smallest absolute Gasteiger partial charge is 0.0817 e. The van der Waals surface area contributed by atoms with E-state index in [0.29, 0.717) is 0 Å². The van der Waals surface area contributed by atoms with Crippen LogP contribution in [0.15, 0.2) is 35.5 Å². The Hall–Kier alpha value is -1.02. The van der Waals surface area contributed by atoms with Crippen LogP contribution in [0.2, 0.25) is 0 Å². The van der Waals surface area contributed by atoms with E-state index in [1.165, 1.54) is 10.9 Å². The fourth-order valence-electron chi connectivity index (χ4n) is 1.26. The maximum absolute atomic E-state index is 3.16. The normalized spacial score (nSPS) is 12.4. The van der Waals surface area contributed by atoms with Crippen molar-refractivity contribution in [2.75, 3.05) is 12.4 Å². The Balaban J connectivity index is 2.77. The third-order valence-corrected chi connectivity index (χ3v) is 4.01. The van der Waals surface area contributed by atoms with Crippen molar-refractivity contribution < 1.29 is 0 Å². The third-order valence-electron chi connectivity index (χ3n) is 2.19. The first-order valence-electron chi connectivity index (χ1n) is 4.64. The Morgan fingerprint density at radius 1 is 1.46 bits per heavy atom. The predicted molar refractivity (Wildman–Crippen MR) is 63.6 cm³/mol. The standard InChI is InChI=1S/C11H17NSi/c1-4-9(2)13-11-7-5-6-10(8-11)12-3/h4-8,12H,13H2,1-3H3. The van der Waals surface area contributed by atoms with Crippen molar-refractivity contribution in [3.8, 4) is 0 Å². The van der Waals surface area contributed by atoms with E-state index in [0.717, 1.165) is 0 Å². The zero-order chi connectivity index (χ0) is 9.68. The summed E-state index contributed by atoms with van der Waals surface area (Å²) in [5.74, 6) is 0. The molecule has 1 aromatic carbocycles. The fourth-order valence-corrected chi connectivity index (χ4v) is 2.68. The monoisotopic (exact) mass is 191 g/mol. The quantitative estimate of drug-likeness (QED) is 0.713. The number of hydrogen-bond donors (Lipinski definition) is 1.